The van der Waals surface area contributed by atoms with Gasteiger partial charge in [-0.15, -0.1) is 0 Å². The third kappa shape index (κ3) is 3.88. The van der Waals surface area contributed by atoms with Gasteiger partial charge < -0.3 is 14.9 Å². The summed E-state index contributed by atoms with van der Waals surface area (Å²) in [4.78, 5) is 27.4. The van der Waals surface area contributed by atoms with Crippen molar-refractivity contribution in [3.05, 3.63) is 34.3 Å². The van der Waals surface area contributed by atoms with Crippen LogP contribution in [-0.4, -0.2) is 63.7 Å². The summed E-state index contributed by atoms with van der Waals surface area (Å²) in [6.45, 7) is 3.65. The normalized spacial score (nSPS) is 23.5. The Kier molecular flexibility index (Phi) is 5.72. The Bertz CT molecular complexity index is 691. The maximum Gasteiger partial charge on any atom is 0.426 e. The molecule has 0 aliphatic carbocycles. The number of hydrogen-bond donors (Lipinski definition) is 1. The van der Waals surface area contributed by atoms with Crippen LogP contribution in [0.4, 0.5) is 13.2 Å². The van der Waals surface area contributed by atoms with Gasteiger partial charge in [-0.05, 0) is 45.0 Å². The molecule has 0 bridgehead atoms. The van der Waals surface area contributed by atoms with Gasteiger partial charge in [-0.1, -0.05) is 15.9 Å². The zero-order valence-electron chi connectivity index (χ0n) is 14.5. The second kappa shape index (κ2) is 7.19. The summed E-state index contributed by atoms with van der Waals surface area (Å²) in [5.41, 5.74) is -3.01. The summed E-state index contributed by atoms with van der Waals surface area (Å²) >= 11 is 3.29. The Balaban J connectivity index is 2.17. The van der Waals surface area contributed by atoms with E-state index in [-0.39, 0.29) is 19.0 Å². The molecule has 26 heavy (non-hydrogen) atoms. The lowest BCUT2D eigenvalue weighted by Crippen LogP contribution is -2.65. The van der Waals surface area contributed by atoms with E-state index in [9.17, 15) is 27.9 Å². The van der Waals surface area contributed by atoms with Crippen LogP contribution < -0.4 is 0 Å². The minimum absolute atomic E-state index is 0.0791. The Hall–Kier alpha value is -1.61. The van der Waals surface area contributed by atoms with E-state index in [4.69, 9.17) is 0 Å². The summed E-state index contributed by atoms with van der Waals surface area (Å²) in [5, 5.41) is 9.65. The average Bonchev–Trinajstić information content (AvgIpc) is 2.55. The van der Waals surface area contributed by atoms with Gasteiger partial charge in [0.25, 0.3) is 11.8 Å². The molecule has 0 spiro atoms. The van der Waals surface area contributed by atoms with Crippen molar-refractivity contribution >= 4 is 27.7 Å². The van der Waals surface area contributed by atoms with Crippen molar-refractivity contribution in [2.45, 2.75) is 44.6 Å². The molecule has 0 radical (unpaired) electrons. The third-order valence-corrected chi connectivity index (χ3v) is 5.10. The summed E-state index contributed by atoms with van der Waals surface area (Å²) in [6, 6.07) is 5.59. The fourth-order valence-corrected chi connectivity index (χ4v) is 3.12. The molecule has 1 N–H and O–H groups in total. The number of halogens is 4. The van der Waals surface area contributed by atoms with Crippen molar-refractivity contribution in [1.29, 1.82) is 0 Å². The molecule has 1 aliphatic rings. The van der Waals surface area contributed by atoms with Crippen LogP contribution in [0, 0.1) is 0 Å². The van der Waals surface area contributed by atoms with Crippen LogP contribution >= 0.6 is 15.9 Å². The molecular formula is C17H20BrF3N2O3. The van der Waals surface area contributed by atoms with Gasteiger partial charge in [0.15, 0.2) is 0 Å². The Morgan fingerprint density at radius 3 is 2.04 bits per heavy atom. The van der Waals surface area contributed by atoms with Gasteiger partial charge in [0.1, 0.15) is 0 Å². The van der Waals surface area contributed by atoms with Crippen molar-refractivity contribution in [2.75, 3.05) is 13.1 Å². The summed E-state index contributed by atoms with van der Waals surface area (Å²) in [6.07, 6.45) is -5.07. The predicted octanol–water partition coefficient (Wildman–Crippen LogP) is 2.82. The molecule has 9 heteroatoms. The van der Waals surface area contributed by atoms with E-state index in [1.165, 1.54) is 4.90 Å². The van der Waals surface area contributed by atoms with E-state index in [0.717, 1.165) is 9.37 Å². The highest BCUT2D eigenvalue weighted by Gasteiger charge is 2.58. The van der Waals surface area contributed by atoms with Gasteiger partial charge >= 0.3 is 6.18 Å². The van der Waals surface area contributed by atoms with E-state index in [0.29, 0.717) is 12.5 Å². The average molecular weight is 437 g/mol. The lowest BCUT2D eigenvalue weighted by molar-refractivity contribution is -0.251. The molecule has 1 saturated heterocycles. The second-order valence-electron chi connectivity index (χ2n) is 6.69. The van der Waals surface area contributed by atoms with Gasteiger partial charge in [-0.2, -0.15) is 13.2 Å². The molecule has 1 fully saturated rings. The van der Waals surface area contributed by atoms with Gasteiger partial charge in [-0.25, -0.2) is 0 Å². The fraction of sp³-hybridized carbons (Fsp3) is 0.529. The Labute approximate surface area is 157 Å². The first kappa shape index (κ1) is 20.7. The first-order valence-corrected chi connectivity index (χ1v) is 8.82. The second-order valence-corrected chi connectivity index (χ2v) is 7.61. The lowest BCUT2D eigenvalue weighted by Gasteiger charge is -2.46. The van der Waals surface area contributed by atoms with E-state index >= 15 is 0 Å². The molecule has 1 aliphatic heterocycles. The molecule has 5 nitrogen and oxygen atoms in total. The van der Waals surface area contributed by atoms with Crippen LogP contribution in [0.5, 0.6) is 0 Å². The molecule has 0 saturated carbocycles. The zero-order chi connectivity index (χ0) is 19.9. The number of nitrogens with zero attached hydrogens (tertiary/aromatic N) is 2. The van der Waals surface area contributed by atoms with E-state index < -0.39 is 29.8 Å². The van der Waals surface area contributed by atoms with Crippen LogP contribution in [0.15, 0.2) is 28.7 Å². The van der Waals surface area contributed by atoms with Gasteiger partial charge in [-0.3, -0.25) is 9.59 Å². The van der Waals surface area contributed by atoms with Crippen molar-refractivity contribution in [2.24, 2.45) is 0 Å². The summed E-state index contributed by atoms with van der Waals surface area (Å²) < 4.78 is 39.7. The van der Waals surface area contributed by atoms with Crippen molar-refractivity contribution < 1.29 is 27.9 Å². The number of carbonyl (C=O) groups excluding carboxylic acids is 2. The van der Waals surface area contributed by atoms with Crippen LogP contribution in [0.2, 0.25) is 0 Å². The molecule has 2 amide bonds. The first-order valence-electron chi connectivity index (χ1n) is 8.03. The topological polar surface area (TPSA) is 60.9 Å². The van der Waals surface area contributed by atoms with Gasteiger partial charge in [0, 0.05) is 35.2 Å². The van der Waals surface area contributed by atoms with E-state index in [2.05, 4.69) is 15.9 Å². The molecule has 3 atom stereocenters. The highest BCUT2D eigenvalue weighted by atomic mass is 79.9. The molecule has 2 rings (SSSR count). The Morgan fingerprint density at radius 1 is 1.08 bits per heavy atom. The SMILES string of the molecule is C[C@@H]1CN(C(=O)C(C)(O)C(F)(F)F)[C@H](C)CN1C(=O)c1ccc(Br)cc1. The van der Waals surface area contributed by atoms with E-state index in [1.807, 2.05) is 0 Å². The summed E-state index contributed by atoms with van der Waals surface area (Å²) in [5.74, 6) is -1.66. The molecule has 1 aromatic carbocycles. The van der Waals surface area contributed by atoms with Crippen molar-refractivity contribution in [1.82, 2.24) is 9.80 Å². The van der Waals surface area contributed by atoms with Crippen LogP contribution in [0.25, 0.3) is 0 Å². The largest absolute Gasteiger partial charge is 0.426 e. The number of hydrogen-bond acceptors (Lipinski definition) is 3. The molecular weight excluding hydrogens is 417 g/mol. The third-order valence-electron chi connectivity index (χ3n) is 4.57. The number of piperazine rings is 1. The maximum absolute atomic E-state index is 13.0. The molecule has 144 valence electrons. The Morgan fingerprint density at radius 2 is 1.54 bits per heavy atom. The standard InChI is InChI=1S/C17H20BrF3N2O3/c1-10-9-23(15(25)16(3,26)17(19,20)21)11(2)8-22(10)14(24)12-4-6-13(18)7-5-12/h4-7,10-11,26H,8-9H2,1-3H3/t10-,11-,16?/m1/s1. The first-order chi connectivity index (χ1) is 11.9. The number of benzene rings is 1. The number of alkyl halides is 3. The quantitative estimate of drug-likeness (QED) is 0.775. The van der Waals surface area contributed by atoms with E-state index in [1.54, 1.807) is 38.1 Å². The molecule has 1 unspecified atom stereocenters. The minimum Gasteiger partial charge on any atom is -0.373 e. The molecule has 1 aromatic rings. The van der Waals surface area contributed by atoms with Crippen LogP contribution in [-0.2, 0) is 4.79 Å². The van der Waals surface area contributed by atoms with Crippen LogP contribution in [0.1, 0.15) is 31.1 Å². The monoisotopic (exact) mass is 436 g/mol. The smallest absolute Gasteiger partial charge is 0.373 e. The number of aliphatic hydroxyl groups is 1. The number of amides is 2. The molecule has 0 aromatic heterocycles. The fourth-order valence-electron chi connectivity index (χ4n) is 2.85. The van der Waals surface area contributed by atoms with Crippen molar-refractivity contribution in [3.63, 3.8) is 0 Å². The number of carbonyl (C=O) groups is 2. The zero-order valence-corrected chi connectivity index (χ0v) is 16.1. The highest BCUT2D eigenvalue weighted by molar-refractivity contribution is 9.10. The maximum atomic E-state index is 13.0. The van der Waals surface area contributed by atoms with Crippen molar-refractivity contribution in [3.8, 4) is 0 Å². The highest BCUT2D eigenvalue weighted by Crippen LogP contribution is 2.33. The predicted molar refractivity (Wildman–Crippen MR) is 92.5 cm³/mol. The minimum atomic E-state index is -5.07. The lowest BCUT2D eigenvalue weighted by atomic mass is 10.00. The number of rotatable bonds is 2. The van der Waals surface area contributed by atoms with Gasteiger partial charge in [0.05, 0.1) is 0 Å². The summed E-state index contributed by atoms with van der Waals surface area (Å²) in [7, 11) is 0. The molecule has 1 heterocycles. The van der Waals surface area contributed by atoms with Gasteiger partial charge in [0.2, 0.25) is 5.60 Å². The van der Waals surface area contributed by atoms with Crippen LogP contribution in [0.3, 0.4) is 0 Å².